The van der Waals surface area contributed by atoms with Crippen molar-refractivity contribution in [2.24, 2.45) is 0 Å². The van der Waals surface area contributed by atoms with Gasteiger partial charge in [0.05, 0.1) is 13.5 Å². The molecule has 0 saturated heterocycles. The van der Waals surface area contributed by atoms with Gasteiger partial charge in [-0.2, -0.15) is 0 Å². The Kier molecular flexibility index (Phi) is 3.14. The van der Waals surface area contributed by atoms with Gasteiger partial charge in [0.1, 0.15) is 5.69 Å². The van der Waals surface area contributed by atoms with Crippen molar-refractivity contribution in [3.05, 3.63) is 22.5 Å². The van der Waals surface area contributed by atoms with E-state index in [0.29, 0.717) is 11.4 Å². The van der Waals surface area contributed by atoms with Crippen molar-refractivity contribution in [3.8, 4) is 0 Å². The topological polar surface area (TPSA) is 79.4 Å². The fourth-order valence-electron chi connectivity index (χ4n) is 1.39. The molecule has 0 radical (unpaired) electrons. The molecule has 5 nitrogen and oxygen atoms in total. The number of hydrogen-bond acceptors (Lipinski definition) is 3. The summed E-state index contributed by atoms with van der Waals surface area (Å²) in [5, 5.41) is 8.65. The van der Waals surface area contributed by atoms with Crippen molar-refractivity contribution in [1.29, 1.82) is 0 Å². The van der Waals surface area contributed by atoms with E-state index in [4.69, 9.17) is 5.11 Å². The largest absolute Gasteiger partial charge is 0.481 e. The molecule has 1 aromatic rings. The summed E-state index contributed by atoms with van der Waals surface area (Å²) in [6, 6.07) is 0. The van der Waals surface area contributed by atoms with Crippen LogP contribution in [-0.2, 0) is 16.0 Å². The zero-order chi connectivity index (χ0) is 11.6. The van der Waals surface area contributed by atoms with Crippen LogP contribution >= 0.6 is 0 Å². The molecule has 0 aliphatic heterocycles. The number of carboxylic acids is 1. The third-order valence-electron chi connectivity index (χ3n) is 2.38. The Hall–Kier alpha value is -1.78. The highest BCUT2D eigenvalue weighted by Crippen LogP contribution is 2.18. The first kappa shape index (κ1) is 11.3. The Morgan fingerprint density at radius 2 is 1.93 bits per heavy atom. The molecule has 82 valence electrons. The molecule has 1 rings (SSSR count). The molecule has 0 spiro atoms. The van der Waals surface area contributed by atoms with Gasteiger partial charge in [-0.05, 0) is 25.0 Å². The third kappa shape index (κ3) is 2.18. The van der Waals surface area contributed by atoms with Crippen LogP contribution in [-0.4, -0.2) is 29.1 Å². The summed E-state index contributed by atoms with van der Waals surface area (Å²) in [5.41, 5.74) is 2.39. The van der Waals surface area contributed by atoms with Crippen LogP contribution in [0.4, 0.5) is 0 Å². The highest BCUT2D eigenvalue weighted by atomic mass is 16.5. The van der Waals surface area contributed by atoms with E-state index in [1.807, 2.05) is 0 Å². The zero-order valence-corrected chi connectivity index (χ0v) is 8.88. The summed E-state index contributed by atoms with van der Waals surface area (Å²) in [4.78, 5) is 24.6. The summed E-state index contributed by atoms with van der Waals surface area (Å²) in [7, 11) is 1.29. The number of nitrogens with one attached hydrogen (secondary N) is 1. The lowest BCUT2D eigenvalue weighted by molar-refractivity contribution is -0.136. The molecule has 5 heteroatoms. The number of carboxylic acid groups (broad SMARTS) is 1. The number of esters is 1. The lowest BCUT2D eigenvalue weighted by Gasteiger charge is -1.96. The minimum atomic E-state index is -0.934. The van der Waals surface area contributed by atoms with Gasteiger partial charge in [0.15, 0.2) is 0 Å². The Morgan fingerprint density at radius 1 is 1.33 bits per heavy atom. The van der Waals surface area contributed by atoms with E-state index in [0.717, 1.165) is 11.1 Å². The highest BCUT2D eigenvalue weighted by Gasteiger charge is 2.18. The van der Waals surface area contributed by atoms with E-state index in [-0.39, 0.29) is 6.42 Å². The molecule has 0 aliphatic rings. The van der Waals surface area contributed by atoms with Crippen LogP contribution in [0, 0.1) is 13.8 Å². The van der Waals surface area contributed by atoms with Crippen molar-refractivity contribution in [1.82, 2.24) is 4.98 Å². The number of H-pyrrole nitrogens is 1. The second-order valence-corrected chi connectivity index (χ2v) is 3.29. The maximum Gasteiger partial charge on any atom is 0.354 e. The van der Waals surface area contributed by atoms with Crippen molar-refractivity contribution in [2.45, 2.75) is 20.3 Å². The van der Waals surface area contributed by atoms with E-state index in [2.05, 4.69) is 9.72 Å². The zero-order valence-electron chi connectivity index (χ0n) is 8.88. The Labute approximate surface area is 87.1 Å². The lowest BCUT2D eigenvalue weighted by Crippen LogP contribution is -2.05. The Balaban J connectivity index is 3.12. The van der Waals surface area contributed by atoms with Crippen molar-refractivity contribution in [2.75, 3.05) is 7.11 Å². The number of rotatable bonds is 3. The van der Waals surface area contributed by atoms with Crippen molar-refractivity contribution in [3.63, 3.8) is 0 Å². The average Bonchev–Trinajstić information content (AvgIpc) is 2.44. The molecule has 0 saturated carbocycles. The summed E-state index contributed by atoms with van der Waals surface area (Å²) in [5.74, 6) is -1.41. The maximum absolute atomic E-state index is 11.3. The van der Waals surface area contributed by atoms with Crippen LogP contribution in [0.1, 0.15) is 27.3 Å². The summed E-state index contributed by atoms with van der Waals surface area (Å²) in [6.07, 6.45) is -0.121. The first-order valence-electron chi connectivity index (χ1n) is 4.45. The van der Waals surface area contributed by atoms with Crippen LogP contribution in [0.25, 0.3) is 0 Å². The molecule has 0 aromatic carbocycles. The van der Waals surface area contributed by atoms with Crippen LogP contribution in [0.2, 0.25) is 0 Å². The minimum Gasteiger partial charge on any atom is -0.481 e. The minimum absolute atomic E-state index is 0.121. The Morgan fingerprint density at radius 3 is 2.40 bits per heavy atom. The number of carbonyl (C=O) groups is 2. The van der Waals surface area contributed by atoms with Crippen molar-refractivity contribution >= 4 is 11.9 Å². The quantitative estimate of drug-likeness (QED) is 0.732. The number of aromatic nitrogens is 1. The number of methoxy groups -OCH3 is 1. The van der Waals surface area contributed by atoms with E-state index in [1.165, 1.54) is 7.11 Å². The number of carbonyl (C=O) groups excluding carboxylic acids is 1. The second kappa shape index (κ2) is 4.16. The predicted molar refractivity (Wildman–Crippen MR) is 52.9 cm³/mol. The van der Waals surface area contributed by atoms with Crippen molar-refractivity contribution < 1.29 is 19.4 Å². The summed E-state index contributed by atoms with van der Waals surface area (Å²) in [6.45, 7) is 3.53. The average molecular weight is 211 g/mol. The molecule has 15 heavy (non-hydrogen) atoms. The number of aliphatic carboxylic acids is 1. The molecule has 1 aromatic heterocycles. The van der Waals surface area contributed by atoms with Gasteiger partial charge >= 0.3 is 11.9 Å². The van der Waals surface area contributed by atoms with E-state index in [9.17, 15) is 9.59 Å². The first-order chi connectivity index (χ1) is 6.97. The standard InChI is InChI=1S/C10H13NO4/c1-5-6(2)9(10(14)15-3)11-7(5)4-8(12)13/h11H,4H2,1-3H3,(H,12,13). The normalized spacial score (nSPS) is 10.1. The third-order valence-corrected chi connectivity index (χ3v) is 2.38. The van der Waals surface area contributed by atoms with E-state index >= 15 is 0 Å². The summed E-state index contributed by atoms with van der Waals surface area (Å²) >= 11 is 0. The van der Waals surface area contributed by atoms with Gasteiger partial charge in [-0.3, -0.25) is 4.79 Å². The maximum atomic E-state index is 11.3. The fourth-order valence-corrected chi connectivity index (χ4v) is 1.39. The lowest BCUT2D eigenvalue weighted by atomic mass is 10.1. The number of aromatic amines is 1. The van der Waals surface area contributed by atoms with Crippen LogP contribution in [0.15, 0.2) is 0 Å². The van der Waals surface area contributed by atoms with E-state index in [1.54, 1.807) is 13.8 Å². The molecule has 0 aliphatic carbocycles. The highest BCUT2D eigenvalue weighted by molar-refractivity contribution is 5.90. The van der Waals surface area contributed by atoms with Gasteiger partial charge in [-0.15, -0.1) is 0 Å². The van der Waals surface area contributed by atoms with Gasteiger partial charge in [0.25, 0.3) is 0 Å². The molecule has 0 unspecified atom stereocenters. The smallest absolute Gasteiger partial charge is 0.354 e. The van der Waals surface area contributed by atoms with E-state index < -0.39 is 11.9 Å². The predicted octanol–water partition coefficient (Wildman–Crippen LogP) is 1.05. The first-order valence-corrected chi connectivity index (χ1v) is 4.45. The number of ether oxygens (including phenoxy) is 1. The fraction of sp³-hybridized carbons (Fsp3) is 0.400. The second-order valence-electron chi connectivity index (χ2n) is 3.29. The van der Waals surface area contributed by atoms with Crippen LogP contribution < -0.4 is 0 Å². The molecular weight excluding hydrogens is 198 g/mol. The van der Waals surface area contributed by atoms with Gasteiger partial charge in [0.2, 0.25) is 0 Å². The molecule has 0 fully saturated rings. The van der Waals surface area contributed by atoms with Crippen LogP contribution in [0.5, 0.6) is 0 Å². The monoisotopic (exact) mass is 211 g/mol. The molecule has 0 amide bonds. The summed E-state index contributed by atoms with van der Waals surface area (Å²) < 4.78 is 4.57. The molecule has 0 bridgehead atoms. The Bertz CT molecular complexity index is 406. The molecule has 1 heterocycles. The number of hydrogen-bond donors (Lipinski definition) is 2. The molecule has 2 N–H and O–H groups in total. The van der Waals surface area contributed by atoms with Gasteiger partial charge in [-0.25, -0.2) is 4.79 Å². The van der Waals surface area contributed by atoms with Gasteiger partial charge < -0.3 is 14.8 Å². The molecular formula is C10H13NO4. The van der Waals surface area contributed by atoms with Gasteiger partial charge in [-0.1, -0.05) is 0 Å². The molecule has 0 atom stereocenters. The van der Waals surface area contributed by atoms with Gasteiger partial charge in [0, 0.05) is 5.69 Å². The van der Waals surface area contributed by atoms with Crippen LogP contribution in [0.3, 0.4) is 0 Å². The SMILES string of the molecule is COC(=O)c1[nH]c(CC(=O)O)c(C)c1C.